The lowest BCUT2D eigenvalue weighted by atomic mass is 10.1. The number of phosphoric acid groups is 2. The lowest BCUT2D eigenvalue weighted by Crippen LogP contribution is -2.03. The first-order valence-corrected chi connectivity index (χ1v) is 16.8. The third kappa shape index (κ3) is 7.67. The third-order valence-electron chi connectivity index (χ3n) is 6.75. The van der Waals surface area contributed by atoms with Crippen LogP contribution in [0.1, 0.15) is 0 Å². The molecule has 2 heterocycles. The number of fused-ring (bicyclic) bond motifs is 2. The van der Waals surface area contributed by atoms with Crippen LogP contribution in [0.15, 0.2) is 79.1 Å². The maximum absolute atomic E-state index is 12.3. The molecule has 0 radical (unpaired) electrons. The number of rotatable bonds is 6. The minimum absolute atomic E-state index is 0.0279. The van der Waals surface area contributed by atoms with Crippen LogP contribution >= 0.6 is 15.6 Å². The van der Waals surface area contributed by atoms with E-state index >= 15 is 0 Å². The van der Waals surface area contributed by atoms with Gasteiger partial charge in [0, 0.05) is 35.4 Å². The summed E-state index contributed by atoms with van der Waals surface area (Å²) in [4.78, 5) is 59.8. The number of phosphoric ester groups is 2. The zero-order chi connectivity index (χ0) is 38.4. The van der Waals surface area contributed by atoms with E-state index in [4.69, 9.17) is 28.4 Å². The van der Waals surface area contributed by atoms with Crippen LogP contribution in [0, 0.1) is 0 Å². The first-order chi connectivity index (χ1) is 24.1. The van der Waals surface area contributed by atoms with Crippen LogP contribution in [0.4, 0.5) is 0 Å². The summed E-state index contributed by atoms with van der Waals surface area (Å²) in [7, 11) is -9.88. The Balaban J connectivity index is 0.000000201. The predicted molar refractivity (Wildman–Crippen MR) is 175 cm³/mol. The van der Waals surface area contributed by atoms with E-state index in [9.17, 15) is 59.6 Å². The smallest absolute Gasteiger partial charge is 0.508 e. The fraction of sp³-hybridized carbons (Fsp3) is 0. The molecule has 6 aromatic rings. The van der Waals surface area contributed by atoms with Crippen molar-refractivity contribution in [3.05, 3.63) is 81.1 Å². The van der Waals surface area contributed by atoms with Gasteiger partial charge in [-0.1, -0.05) is 0 Å². The molecule has 22 heteroatoms. The first kappa shape index (κ1) is 36.9. The molecule has 0 fully saturated rings. The molecule has 0 aliphatic carbocycles. The van der Waals surface area contributed by atoms with Gasteiger partial charge < -0.3 is 58.7 Å². The molecule has 0 amide bonds. The highest BCUT2D eigenvalue weighted by Gasteiger charge is 2.24. The number of phenolic OH excluding ortho intramolecular Hbond substituents is 6. The van der Waals surface area contributed by atoms with Crippen molar-refractivity contribution in [2.75, 3.05) is 0 Å². The monoisotopic (exact) mass is 764 g/mol. The Labute approximate surface area is 286 Å². The maximum Gasteiger partial charge on any atom is 0.524 e. The van der Waals surface area contributed by atoms with Gasteiger partial charge in [-0.05, 0) is 36.4 Å². The first-order valence-electron chi connectivity index (χ1n) is 13.7. The van der Waals surface area contributed by atoms with Crippen molar-refractivity contribution in [2.24, 2.45) is 0 Å². The summed E-state index contributed by atoms with van der Waals surface area (Å²) in [5.41, 5.74) is -2.54. The van der Waals surface area contributed by atoms with Crippen molar-refractivity contribution < 1.29 is 87.4 Å². The zero-order valence-electron chi connectivity index (χ0n) is 25.3. The van der Waals surface area contributed by atoms with Crippen LogP contribution in [0.5, 0.6) is 57.5 Å². The van der Waals surface area contributed by atoms with Crippen molar-refractivity contribution in [3.63, 3.8) is 0 Å². The minimum atomic E-state index is -4.98. The highest BCUT2D eigenvalue weighted by Crippen LogP contribution is 2.45. The molecule has 0 unspecified atom stereocenters. The molecule has 272 valence electrons. The van der Waals surface area contributed by atoms with Gasteiger partial charge in [0.2, 0.25) is 22.4 Å². The van der Waals surface area contributed by atoms with E-state index in [0.29, 0.717) is 0 Å². The molecular weight excluding hydrogens is 742 g/mol. The maximum atomic E-state index is 12.3. The average molecular weight is 764 g/mol. The molecule has 0 aliphatic rings. The molecule has 12 N–H and O–H groups in total. The highest BCUT2D eigenvalue weighted by molar-refractivity contribution is 7.47. The molecule has 0 saturated carbocycles. The van der Waals surface area contributed by atoms with Crippen LogP contribution < -0.4 is 19.9 Å². The van der Waals surface area contributed by atoms with E-state index < -0.39 is 89.8 Å². The summed E-state index contributed by atoms with van der Waals surface area (Å²) >= 11 is 0. The van der Waals surface area contributed by atoms with Gasteiger partial charge in [0.1, 0.15) is 44.9 Å². The largest absolute Gasteiger partial charge is 0.524 e. The number of hydrogen-bond donors (Lipinski definition) is 12. The number of phenols is 6. The van der Waals surface area contributed by atoms with Crippen LogP contribution in [0.25, 0.3) is 44.6 Å². The molecule has 0 spiro atoms. The number of hydrogen-bond acceptors (Lipinski definition) is 16. The summed E-state index contributed by atoms with van der Waals surface area (Å²) in [6.45, 7) is 0. The molecule has 6 rings (SSSR count). The normalized spacial score (nSPS) is 11.6. The highest BCUT2D eigenvalue weighted by atomic mass is 31.2. The minimum Gasteiger partial charge on any atom is -0.508 e. The van der Waals surface area contributed by atoms with Crippen LogP contribution in [-0.4, -0.2) is 60.4 Å². The Hall–Kier alpha value is -6.40. The molecule has 0 atom stereocenters. The van der Waals surface area contributed by atoms with E-state index in [1.165, 1.54) is 6.07 Å². The number of aromatic hydroxyl groups is 8. The Morgan fingerprint density at radius 3 is 1.35 bits per heavy atom. The summed E-state index contributed by atoms with van der Waals surface area (Å²) in [5, 5.41) is 77.4. The summed E-state index contributed by atoms with van der Waals surface area (Å²) in [5.74, 6) is -7.01. The lowest BCUT2D eigenvalue weighted by Gasteiger charge is -2.11. The number of benzene rings is 4. The van der Waals surface area contributed by atoms with Gasteiger partial charge in [0.15, 0.2) is 34.5 Å². The second kappa shape index (κ2) is 13.4. The molecule has 0 bridgehead atoms. The summed E-state index contributed by atoms with van der Waals surface area (Å²) in [6, 6.07) is 10.1. The van der Waals surface area contributed by atoms with Crippen molar-refractivity contribution in [1.82, 2.24) is 0 Å². The van der Waals surface area contributed by atoms with E-state index in [1.807, 2.05) is 0 Å². The quantitative estimate of drug-likeness (QED) is 0.108. The van der Waals surface area contributed by atoms with Crippen LogP contribution in [-0.2, 0) is 9.13 Å². The van der Waals surface area contributed by atoms with Gasteiger partial charge in [-0.15, -0.1) is 0 Å². The van der Waals surface area contributed by atoms with Crippen molar-refractivity contribution in [2.45, 2.75) is 0 Å². The summed E-state index contributed by atoms with van der Waals surface area (Å²) < 4.78 is 41.1. The Kier molecular flexibility index (Phi) is 9.49. The summed E-state index contributed by atoms with van der Waals surface area (Å²) in [6.07, 6.45) is 0. The Morgan fingerprint density at radius 1 is 0.481 bits per heavy atom. The van der Waals surface area contributed by atoms with Crippen LogP contribution in [0.3, 0.4) is 0 Å². The van der Waals surface area contributed by atoms with Gasteiger partial charge in [0.25, 0.3) is 0 Å². The second-order valence-corrected chi connectivity index (χ2v) is 12.8. The standard InChI is InChI=1S/2C15H11O10P/c16-7-4-9(18)12-11(5-7)24-15(14(20)13(12)19)6-1-2-10(8(17)3-6)25-26(21,22)23;16-7-4-9(18)12-11(5-7)24-15(14(20)13(12)19)6-1-2-8(17)10(3-6)25-26(21,22)23/h2*1-5,16-18,20H,(H2,21,22,23). The lowest BCUT2D eigenvalue weighted by molar-refractivity contribution is 0.276. The zero-order valence-corrected chi connectivity index (χ0v) is 27.1. The van der Waals surface area contributed by atoms with E-state index in [-0.39, 0.29) is 38.8 Å². The second-order valence-electron chi connectivity index (χ2n) is 10.4. The molecule has 52 heavy (non-hydrogen) atoms. The van der Waals surface area contributed by atoms with Gasteiger partial charge in [-0.3, -0.25) is 29.2 Å². The SMILES string of the molecule is O=c1c(O)c(-c2ccc(O)c(OP(=O)(O)O)c2)oc2cc(O)cc(O)c12.O=c1c(O)c(-c2ccc(OP(=O)(O)O)c(O)c2)oc2cc(O)cc(O)c12. The topological polar surface area (TPSA) is 356 Å². The molecule has 4 aromatic carbocycles. The van der Waals surface area contributed by atoms with Gasteiger partial charge >= 0.3 is 15.6 Å². The van der Waals surface area contributed by atoms with E-state index in [0.717, 1.165) is 54.6 Å². The Bertz CT molecular complexity index is 2620. The van der Waals surface area contributed by atoms with Gasteiger partial charge in [0.05, 0.1) is 0 Å². The predicted octanol–water partition coefficient (Wildman–Crippen LogP) is 3.51. The fourth-order valence-corrected chi connectivity index (χ4v) is 5.48. The molecule has 0 saturated heterocycles. The average Bonchev–Trinajstić information content (AvgIpc) is 3.01. The molecule has 0 aliphatic heterocycles. The van der Waals surface area contributed by atoms with Crippen molar-refractivity contribution in [3.8, 4) is 80.1 Å². The Morgan fingerprint density at radius 2 is 0.904 bits per heavy atom. The third-order valence-corrected chi connectivity index (χ3v) is 7.62. The van der Waals surface area contributed by atoms with Crippen molar-refractivity contribution >= 4 is 37.6 Å². The van der Waals surface area contributed by atoms with Gasteiger partial charge in [-0.25, -0.2) is 9.13 Å². The van der Waals surface area contributed by atoms with E-state index in [2.05, 4.69) is 9.05 Å². The molecule has 2 aromatic heterocycles. The van der Waals surface area contributed by atoms with E-state index in [1.54, 1.807) is 0 Å². The van der Waals surface area contributed by atoms with Gasteiger partial charge in [-0.2, -0.15) is 0 Å². The van der Waals surface area contributed by atoms with Crippen LogP contribution in [0.2, 0.25) is 0 Å². The molecule has 20 nitrogen and oxygen atoms in total. The van der Waals surface area contributed by atoms with Crippen molar-refractivity contribution in [1.29, 1.82) is 0 Å². The molecular formula is C30H22O20P2. The fourth-order valence-electron chi connectivity index (χ4n) is 4.66.